The summed E-state index contributed by atoms with van der Waals surface area (Å²) >= 11 is 0. The summed E-state index contributed by atoms with van der Waals surface area (Å²) in [6.07, 6.45) is -7.55. The van der Waals surface area contributed by atoms with Gasteiger partial charge in [0.1, 0.15) is 0 Å². The Morgan fingerprint density at radius 1 is 0.697 bits per heavy atom. The number of nitrogens with zero attached hydrogens (tertiary/aromatic N) is 1. The molecule has 2 aromatic carbocycles. The highest BCUT2D eigenvalue weighted by atomic mass is 19.4. The second-order valence-corrected chi connectivity index (χ2v) is 9.63. The molecule has 0 N–H and O–H groups in total. The molecule has 1 nitrogen and oxygen atoms in total. The third-order valence-corrected chi connectivity index (χ3v) is 7.38. The maximum atomic E-state index is 13.9. The van der Waals surface area contributed by atoms with E-state index >= 15 is 0 Å². The quantitative estimate of drug-likeness (QED) is 0.358. The number of hydrogen-bond donors (Lipinski definition) is 0. The van der Waals surface area contributed by atoms with Crippen molar-refractivity contribution in [1.82, 2.24) is 4.90 Å². The largest absolute Gasteiger partial charge is 0.398 e. The summed E-state index contributed by atoms with van der Waals surface area (Å²) in [7, 11) is 1.94. The molecule has 0 unspecified atom stereocenters. The normalized spacial score (nSPS) is 19.0. The van der Waals surface area contributed by atoms with Gasteiger partial charge in [-0.3, -0.25) is 0 Å². The van der Waals surface area contributed by atoms with Crippen molar-refractivity contribution in [3.8, 4) is 0 Å². The Hall–Kier alpha value is -2.02. The lowest BCUT2D eigenvalue weighted by atomic mass is 9.81. The molecule has 2 fully saturated rings. The van der Waals surface area contributed by atoms with Gasteiger partial charge in [-0.1, -0.05) is 48.5 Å². The highest BCUT2D eigenvalue weighted by molar-refractivity contribution is 5.50. The molecule has 0 radical (unpaired) electrons. The van der Waals surface area contributed by atoms with Crippen LogP contribution < -0.4 is 0 Å². The Bertz CT molecular complexity index is 907. The molecule has 0 aliphatic heterocycles. The minimum Gasteiger partial charge on any atom is -0.306 e. The standard InChI is InChI=1S/C26H29F6N/c1-33(18-12-19-7-3-2-4-8-19)17-6-9-20-21(23(13-14-23)25(27,28)29)10-5-11-22(20)24(15-16-24)26(30,31)32/h2-5,7-8,10-11H,6,9,12-18H2,1H3. The highest BCUT2D eigenvalue weighted by Crippen LogP contribution is 2.63. The van der Waals surface area contributed by atoms with Crippen LogP contribution in [0.4, 0.5) is 26.3 Å². The average Bonchev–Trinajstić information content (AvgIpc) is 3.65. The number of hydrogen-bond acceptors (Lipinski definition) is 1. The summed E-state index contributed by atoms with van der Waals surface area (Å²) in [6, 6.07) is 14.2. The molecule has 0 heterocycles. The van der Waals surface area contributed by atoms with Crippen LogP contribution in [0.3, 0.4) is 0 Å². The summed E-state index contributed by atoms with van der Waals surface area (Å²) in [6.45, 7) is 1.39. The molecule has 2 saturated carbocycles. The third-order valence-electron chi connectivity index (χ3n) is 7.38. The number of alkyl halides is 6. The molecule has 4 rings (SSSR count). The average molecular weight is 470 g/mol. The fraction of sp³-hybridized carbons (Fsp3) is 0.538. The fourth-order valence-corrected chi connectivity index (χ4v) is 5.02. The molecule has 2 aliphatic carbocycles. The van der Waals surface area contributed by atoms with Gasteiger partial charge in [0, 0.05) is 6.54 Å². The lowest BCUT2D eigenvalue weighted by Crippen LogP contribution is -2.34. The SMILES string of the molecule is CN(CCCc1c(C2(C(F)(F)F)CC2)cccc1C1(C(F)(F)F)CC1)CCc1ccccc1. The summed E-state index contributed by atoms with van der Waals surface area (Å²) in [5.74, 6) is 0. The van der Waals surface area contributed by atoms with Gasteiger partial charge in [-0.2, -0.15) is 26.3 Å². The lowest BCUT2D eigenvalue weighted by Gasteiger charge is -2.29. The predicted molar refractivity (Wildman–Crippen MR) is 116 cm³/mol. The Morgan fingerprint density at radius 3 is 1.67 bits per heavy atom. The van der Waals surface area contributed by atoms with Crippen LogP contribution in [0.1, 0.15) is 54.4 Å². The van der Waals surface area contributed by atoms with Gasteiger partial charge >= 0.3 is 12.4 Å². The Kier molecular flexibility index (Phi) is 6.31. The van der Waals surface area contributed by atoms with E-state index in [1.807, 2.05) is 37.4 Å². The minimum atomic E-state index is -4.46. The number of benzene rings is 2. The fourth-order valence-electron chi connectivity index (χ4n) is 5.02. The monoisotopic (exact) mass is 469 g/mol. The Morgan fingerprint density at radius 2 is 1.21 bits per heavy atom. The molecule has 0 spiro atoms. The van der Waals surface area contributed by atoms with Crippen molar-refractivity contribution in [3.05, 3.63) is 70.8 Å². The van der Waals surface area contributed by atoms with E-state index in [0.29, 0.717) is 13.0 Å². The first-order valence-corrected chi connectivity index (χ1v) is 11.5. The van der Waals surface area contributed by atoms with Gasteiger partial charge in [-0.05, 0) is 80.8 Å². The van der Waals surface area contributed by atoms with E-state index in [-0.39, 0.29) is 48.8 Å². The van der Waals surface area contributed by atoms with Crippen LogP contribution in [0.25, 0.3) is 0 Å². The van der Waals surface area contributed by atoms with Crippen molar-refractivity contribution in [2.45, 2.75) is 68.1 Å². The van der Waals surface area contributed by atoms with Crippen molar-refractivity contribution >= 4 is 0 Å². The molecule has 0 saturated heterocycles. The Labute approximate surface area is 190 Å². The molecule has 0 amide bonds. The van der Waals surface area contributed by atoms with Gasteiger partial charge in [0.25, 0.3) is 0 Å². The van der Waals surface area contributed by atoms with E-state index in [0.717, 1.165) is 13.0 Å². The summed E-state index contributed by atoms with van der Waals surface area (Å²) in [4.78, 5) is 2.09. The topological polar surface area (TPSA) is 3.24 Å². The summed E-state index contributed by atoms with van der Waals surface area (Å²) in [5, 5.41) is 0. The van der Waals surface area contributed by atoms with E-state index in [2.05, 4.69) is 4.90 Å². The van der Waals surface area contributed by atoms with E-state index < -0.39 is 23.2 Å². The predicted octanol–water partition coefficient (Wildman–Crippen LogP) is 6.98. The zero-order chi connectivity index (χ0) is 23.9. The molecule has 33 heavy (non-hydrogen) atoms. The number of likely N-dealkylation sites (N-methyl/N-ethyl adjacent to an activating group) is 1. The van der Waals surface area contributed by atoms with Crippen molar-refractivity contribution in [3.63, 3.8) is 0 Å². The second kappa shape index (κ2) is 8.64. The maximum Gasteiger partial charge on any atom is 0.398 e. The van der Waals surface area contributed by atoms with Crippen LogP contribution in [0.15, 0.2) is 48.5 Å². The zero-order valence-corrected chi connectivity index (χ0v) is 18.7. The van der Waals surface area contributed by atoms with Gasteiger partial charge in [-0.25, -0.2) is 0 Å². The van der Waals surface area contributed by atoms with Crippen LogP contribution in [-0.2, 0) is 23.7 Å². The van der Waals surface area contributed by atoms with Crippen molar-refractivity contribution < 1.29 is 26.3 Å². The van der Waals surface area contributed by atoms with Crippen LogP contribution in [0, 0.1) is 0 Å². The second-order valence-electron chi connectivity index (χ2n) is 9.63. The van der Waals surface area contributed by atoms with Gasteiger partial charge in [0.05, 0.1) is 10.8 Å². The molecule has 0 atom stereocenters. The van der Waals surface area contributed by atoms with E-state index in [1.165, 1.54) is 23.8 Å². The summed E-state index contributed by atoms with van der Waals surface area (Å²) in [5.41, 5.74) is -2.37. The van der Waals surface area contributed by atoms with Gasteiger partial charge < -0.3 is 4.90 Å². The minimum absolute atomic E-state index is 0.0526. The number of halogens is 6. The molecule has 0 aromatic heterocycles. The van der Waals surface area contributed by atoms with Crippen LogP contribution in [0.5, 0.6) is 0 Å². The lowest BCUT2D eigenvalue weighted by molar-refractivity contribution is -0.161. The number of rotatable bonds is 9. The first kappa shape index (κ1) is 24.1. The zero-order valence-electron chi connectivity index (χ0n) is 18.7. The van der Waals surface area contributed by atoms with Crippen molar-refractivity contribution in [2.24, 2.45) is 0 Å². The van der Waals surface area contributed by atoms with Gasteiger partial charge in [-0.15, -0.1) is 0 Å². The highest BCUT2D eigenvalue weighted by Gasteiger charge is 2.67. The van der Waals surface area contributed by atoms with E-state index in [9.17, 15) is 26.3 Å². The van der Waals surface area contributed by atoms with Crippen molar-refractivity contribution in [1.29, 1.82) is 0 Å². The third kappa shape index (κ3) is 4.66. The van der Waals surface area contributed by atoms with Gasteiger partial charge in [0.2, 0.25) is 0 Å². The first-order chi connectivity index (χ1) is 15.5. The van der Waals surface area contributed by atoms with Crippen LogP contribution >= 0.6 is 0 Å². The molecule has 7 heteroatoms. The van der Waals surface area contributed by atoms with Crippen LogP contribution in [-0.4, -0.2) is 37.4 Å². The first-order valence-electron chi connectivity index (χ1n) is 11.5. The molecule has 2 aliphatic rings. The van der Waals surface area contributed by atoms with Crippen LogP contribution in [0.2, 0.25) is 0 Å². The Balaban J connectivity index is 1.53. The molecule has 0 bridgehead atoms. The molecular formula is C26H29F6N. The van der Waals surface area contributed by atoms with E-state index in [1.54, 1.807) is 0 Å². The molecule has 2 aromatic rings. The molecule has 180 valence electrons. The smallest absolute Gasteiger partial charge is 0.306 e. The van der Waals surface area contributed by atoms with Gasteiger partial charge in [0.15, 0.2) is 0 Å². The molecular weight excluding hydrogens is 440 g/mol. The van der Waals surface area contributed by atoms with E-state index in [4.69, 9.17) is 0 Å². The maximum absolute atomic E-state index is 13.9. The summed E-state index contributed by atoms with van der Waals surface area (Å²) < 4.78 is 83.5. The van der Waals surface area contributed by atoms with Crippen molar-refractivity contribution in [2.75, 3.05) is 20.1 Å².